The molecule has 3 N–H and O–H groups in total. The first-order chi connectivity index (χ1) is 16.1. The molecule has 4 rings (SSSR count). The van der Waals surface area contributed by atoms with E-state index in [0.29, 0.717) is 24.3 Å². The van der Waals surface area contributed by atoms with E-state index in [1.807, 2.05) is 19.9 Å². The normalized spacial score (nSPS) is 42.5. The number of aliphatic hydroxyl groups excluding tert-OH is 2. The minimum Gasteiger partial charge on any atom is -0.481 e. The van der Waals surface area contributed by atoms with Gasteiger partial charge in [0.1, 0.15) is 0 Å². The van der Waals surface area contributed by atoms with E-state index in [9.17, 15) is 20.1 Å². The summed E-state index contributed by atoms with van der Waals surface area (Å²) in [5.74, 6) is -1.69. The first-order valence-electron chi connectivity index (χ1n) is 13.4. The summed E-state index contributed by atoms with van der Waals surface area (Å²) >= 11 is 0. The van der Waals surface area contributed by atoms with Crippen molar-refractivity contribution >= 4 is 5.97 Å². The Morgan fingerprint density at radius 3 is 2.40 bits per heavy atom. The highest BCUT2D eigenvalue weighted by molar-refractivity contribution is 5.74. The van der Waals surface area contributed by atoms with Gasteiger partial charge in [-0.15, -0.1) is 0 Å². The first kappa shape index (κ1) is 26.4. The number of fused-ring (bicyclic) bond motifs is 5. The molecule has 0 aromatic heterocycles. The number of hydrogen-bond acceptors (Lipinski definition) is 3. The van der Waals surface area contributed by atoms with E-state index < -0.39 is 23.9 Å². The summed E-state index contributed by atoms with van der Waals surface area (Å²) in [4.78, 5) is 12.6. The number of aliphatic hydroxyl groups is 2. The highest BCUT2D eigenvalue weighted by atomic mass is 16.4. The zero-order valence-electron chi connectivity index (χ0n) is 22.8. The Morgan fingerprint density at radius 1 is 1.14 bits per heavy atom. The summed E-state index contributed by atoms with van der Waals surface area (Å²) < 4.78 is 0. The smallest absolute Gasteiger partial charge is 0.311 e. The maximum atomic E-state index is 12.6. The topological polar surface area (TPSA) is 77.8 Å². The SMILES string of the molecule is C=C(CC=C(C)C)[C@@H](C(=O)O)[C@H]1[C@H](O)C[C@@]2(C)C3=CC[C@H]4C(C)(C)[C@@H](O)CC[C@]4(C)C3=CC[C@]12C. The molecule has 0 heterocycles. The van der Waals surface area contributed by atoms with Gasteiger partial charge < -0.3 is 15.3 Å². The van der Waals surface area contributed by atoms with E-state index in [0.717, 1.165) is 31.3 Å². The third-order valence-corrected chi connectivity index (χ3v) is 11.1. The van der Waals surface area contributed by atoms with Crippen molar-refractivity contribution in [1.82, 2.24) is 0 Å². The van der Waals surface area contributed by atoms with E-state index in [-0.39, 0.29) is 27.8 Å². The molecule has 194 valence electrons. The van der Waals surface area contributed by atoms with Gasteiger partial charge in [0.2, 0.25) is 0 Å². The zero-order chi connectivity index (χ0) is 26.1. The molecular weight excluding hydrogens is 436 g/mol. The molecule has 0 unspecified atom stereocenters. The van der Waals surface area contributed by atoms with Crippen LogP contribution in [-0.2, 0) is 4.79 Å². The highest BCUT2D eigenvalue weighted by Crippen LogP contribution is 2.71. The average molecular weight is 483 g/mol. The van der Waals surface area contributed by atoms with Gasteiger partial charge in [0, 0.05) is 11.3 Å². The van der Waals surface area contributed by atoms with Crippen LogP contribution >= 0.6 is 0 Å². The molecule has 0 saturated heterocycles. The van der Waals surface area contributed by atoms with Crippen LogP contribution < -0.4 is 0 Å². The largest absolute Gasteiger partial charge is 0.481 e. The molecule has 2 saturated carbocycles. The summed E-state index contributed by atoms with van der Waals surface area (Å²) in [5.41, 5.74) is 3.65. The van der Waals surface area contributed by atoms with Gasteiger partial charge in [0.05, 0.1) is 18.1 Å². The molecule has 35 heavy (non-hydrogen) atoms. The maximum Gasteiger partial charge on any atom is 0.311 e. The molecule has 0 amide bonds. The monoisotopic (exact) mass is 482 g/mol. The molecule has 0 spiro atoms. The predicted octanol–water partition coefficient (Wildman–Crippen LogP) is 6.46. The summed E-state index contributed by atoms with van der Waals surface area (Å²) in [7, 11) is 0. The average Bonchev–Trinajstić information content (AvgIpc) is 2.96. The van der Waals surface area contributed by atoms with Crippen molar-refractivity contribution < 1.29 is 20.1 Å². The number of aliphatic carboxylic acids is 1. The van der Waals surface area contributed by atoms with Crippen LogP contribution in [0.4, 0.5) is 0 Å². The summed E-state index contributed by atoms with van der Waals surface area (Å²) in [5, 5.41) is 32.6. The van der Waals surface area contributed by atoms with Crippen molar-refractivity contribution in [2.45, 2.75) is 99.2 Å². The third kappa shape index (κ3) is 3.65. The molecule has 4 aliphatic carbocycles. The molecule has 8 atom stereocenters. The molecule has 0 bridgehead atoms. The van der Waals surface area contributed by atoms with Crippen molar-refractivity contribution in [2.24, 2.45) is 39.4 Å². The molecule has 0 aliphatic heterocycles. The van der Waals surface area contributed by atoms with Crippen LogP contribution in [0.1, 0.15) is 87.0 Å². The third-order valence-electron chi connectivity index (χ3n) is 11.1. The Labute approximate surface area is 211 Å². The molecule has 4 nitrogen and oxygen atoms in total. The Kier molecular flexibility index (Phi) is 6.38. The Balaban J connectivity index is 1.77. The van der Waals surface area contributed by atoms with Gasteiger partial charge in [0.15, 0.2) is 0 Å². The zero-order valence-corrected chi connectivity index (χ0v) is 22.8. The number of carboxylic acid groups (broad SMARTS) is 1. The lowest BCUT2D eigenvalue weighted by Crippen LogP contribution is -2.54. The molecule has 0 aromatic rings. The summed E-state index contributed by atoms with van der Waals surface area (Å²) in [6, 6.07) is 0. The van der Waals surface area contributed by atoms with Crippen LogP contribution in [0.3, 0.4) is 0 Å². The van der Waals surface area contributed by atoms with Crippen LogP contribution in [-0.4, -0.2) is 33.5 Å². The molecule has 2 fully saturated rings. The lowest BCUT2D eigenvalue weighted by molar-refractivity contribution is -0.146. The maximum absolute atomic E-state index is 12.6. The van der Waals surface area contributed by atoms with Crippen molar-refractivity contribution in [3.05, 3.63) is 47.1 Å². The lowest BCUT2D eigenvalue weighted by atomic mass is 9.44. The minimum atomic E-state index is -0.880. The van der Waals surface area contributed by atoms with Gasteiger partial charge in [-0.25, -0.2) is 0 Å². The molecule has 0 radical (unpaired) electrons. The van der Waals surface area contributed by atoms with Crippen LogP contribution in [0.5, 0.6) is 0 Å². The second-order valence-corrected chi connectivity index (χ2v) is 13.5. The van der Waals surface area contributed by atoms with Crippen molar-refractivity contribution in [3.63, 3.8) is 0 Å². The summed E-state index contributed by atoms with van der Waals surface area (Å²) in [6.07, 6.45) is 10.3. The molecular formula is C31H46O4. The fraction of sp³-hybridized carbons (Fsp3) is 0.710. The molecule has 0 aromatic carbocycles. The van der Waals surface area contributed by atoms with Crippen LogP contribution in [0.15, 0.2) is 47.1 Å². The van der Waals surface area contributed by atoms with Gasteiger partial charge in [0.25, 0.3) is 0 Å². The van der Waals surface area contributed by atoms with Crippen molar-refractivity contribution in [3.8, 4) is 0 Å². The van der Waals surface area contributed by atoms with E-state index in [2.05, 4.69) is 53.3 Å². The van der Waals surface area contributed by atoms with Gasteiger partial charge in [-0.2, -0.15) is 0 Å². The lowest BCUT2D eigenvalue weighted by Gasteiger charge is -2.61. The predicted molar refractivity (Wildman–Crippen MR) is 141 cm³/mol. The number of carboxylic acids is 1. The van der Waals surface area contributed by atoms with Crippen LogP contribution in [0, 0.1) is 39.4 Å². The number of allylic oxidation sites excluding steroid dienone is 6. The standard InChI is InChI=1S/C31H46O4/c1-18(2)9-10-19(3)25(27(34)35)26-22(32)17-31(8)21-11-12-23-28(4,5)24(33)14-15-29(23,6)20(21)13-16-30(26,31)7/h9,11,13,22-26,32-33H,3,10,12,14-17H2,1-2,4-8H3,(H,34,35)/t22-,23+,24+,25-,26-,29-,30-,31+/m1/s1. The van der Waals surface area contributed by atoms with Crippen molar-refractivity contribution in [1.29, 1.82) is 0 Å². The number of hydrogen-bond donors (Lipinski definition) is 3. The second-order valence-electron chi connectivity index (χ2n) is 13.5. The number of rotatable bonds is 5. The second kappa shape index (κ2) is 8.45. The fourth-order valence-electron chi connectivity index (χ4n) is 8.74. The molecule has 4 heteroatoms. The quantitative estimate of drug-likeness (QED) is 0.393. The van der Waals surface area contributed by atoms with Crippen molar-refractivity contribution in [2.75, 3.05) is 0 Å². The van der Waals surface area contributed by atoms with Gasteiger partial charge in [-0.3, -0.25) is 4.79 Å². The van der Waals surface area contributed by atoms with E-state index in [4.69, 9.17) is 0 Å². The fourth-order valence-corrected chi connectivity index (χ4v) is 8.74. The number of carbonyl (C=O) groups is 1. The Bertz CT molecular complexity index is 1010. The highest BCUT2D eigenvalue weighted by Gasteiger charge is 2.66. The van der Waals surface area contributed by atoms with E-state index in [1.54, 1.807) is 0 Å². The van der Waals surface area contributed by atoms with E-state index >= 15 is 0 Å². The van der Waals surface area contributed by atoms with Gasteiger partial charge >= 0.3 is 5.97 Å². The van der Waals surface area contributed by atoms with E-state index in [1.165, 1.54) is 11.1 Å². The van der Waals surface area contributed by atoms with Crippen LogP contribution in [0.25, 0.3) is 0 Å². The first-order valence-corrected chi connectivity index (χ1v) is 13.4. The molecule has 4 aliphatic rings. The van der Waals surface area contributed by atoms with Crippen LogP contribution in [0.2, 0.25) is 0 Å². The van der Waals surface area contributed by atoms with Gasteiger partial charge in [-0.1, -0.05) is 70.6 Å². The minimum absolute atomic E-state index is 0.0144. The Hall–Kier alpha value is -1.65. The van der Waals surface area contributed by atoms with Gasteiger partial charge in [-0.05, 0) is 85.7 Å². The Morgan fingerprint density at radius 2 is 1.80 bits per heavy atom. The summed E-state index contributed by atoms with van der Waals surface area (Å²) in [6.45, 7) is 19.5.